The Morgan fingerprint density at radius 2 is 1.24 bits per heavy atom. The number of hydrogen-bond acceptors (Lipinski definition) is 29. The lowest BCUT2D eigenvalue weighted by Crippen LogP contribution is -2.46. The second-order valence-corrected chi connectivity index (χ2v) is 22.7. The molecular formula is C33H46N15O24P4+. The first kappa shape index (κ1) is 55.6. The Kier molecular flexibility index (Phi) is 15.3. The number of H-pyrrole nitrogens is 2. The normalized spacial score (nSPS) is 30.2. The summed E-state index contributed by atoms with van der Waals surface area (Å²) in [6.07, 6.45) is -15.7. The lowest BCUT2D eigenvalue weighted by Gasteiger charge is -2.26. The molecule has 3 aliphatic heterocycles. The van der Waals surface area contributed by atoms with Crippen LogP contribution in [0.4, 0.5) is 17.7 Å². The van der Waals surface area contributed by atoms with Crippen molar-refractivity contribution in [2.75, 3.05) is 44.1 Å². The topological polar surface area (TPSA) is 562 Å². The van der Waals surface area contributed by atoms with Gasteiger partial charge in [0.05, 0.1) is 39.0 Å². The van der Waals surface area contributed by atoms with Crippen LogP contribution in [0.15, 0.2) is 34.9 Å². The fourth-order valence-electron chi connectivity index (χ4n) is 8.43. The number of aromatic nitrogens is 12. The van der Waals surface area contributed by atoms with Crippen LogP contribution in [-0.4, -0.2) is 175 Å². The average molecular weight is 1160 g/mol. The van der Waals surface area contributed by atoms with E-state index in [0.29, 0.717) is 0 Å². The third kappa shape index (κ3) is 11.0. The van der Waals surface area contributed by atoms with Crippen LogP contribution < -0.4 is 32.9 Å². The van der Waals surface area contributed by atoms with E-state index >= 15 is 0 Å². The summed E-state index contributed by atoms with van der Waals surface area (Å²) in [6, 6.07) is 0. The number of aromatic amines is 2. The van der Waals surface area contributed by atoms with Crippen LogP contribution in [0.3, 0.4) is 0 Å². The molecule has 39 nitrogen and oxygen atoms in total. The van der Waals surface area contributed by atoms with Gasteiger partial charge in [-0.25, -0.2) is 42.8 Å². The van der Waals surface area contributed by atoms with Gasteiger partial charge in [-0.2, -0.15) is 13.6 Å². The Morgan fingerprint density at radius 3 is 1.89 bits per heavy atom. The van der Waals surface area contributed by atoms with E-state index in [4.69, 9.17) is 54.2 Å². The van der Waals surface area contributed by atoms with E-state index in [-0.39, 0.29) is 57.8 Å². The van der Waals surface area contributed by atoms with Crippen LogP contribution in [0.2, 0.25) is 0 Å². The molecule has 0 amide bonds. The third-order valence-corrected chi connectivity index (χ3v) is 17.0. The summed E-state index contributed by atoms with van der Waals surface area (Å²) >= 11 is 0. The second-order valence-electron chi connectivity index (χ2n) is 16.6. The van der Waals surface area contributed by atoms with Crippen molar-refractivity contribution in [3.05, 3.63) is 46.0 Å². The minimum Gasteiger partial charge on any atom is -0.387 e. The molecule has 5 unspecified atom stereocenters. The van der Waals surface area contributed by atoms with Gasteiger partial charge < -0.3 is 76.1 Å². The number of nitrogens with one attached hydrogen (secondary N) is 2. The third-order valence-electron chi connectivity index (χ3n) is 11.8. The quantitative estimate of drug-likeness (QED) is 0.0254. The standard InChI is InChI=1S/C33H45N15O24P4/c1-3-45-10-48(26-16(45)28(54)44-33(36)42-26)30-20(52)18(50)12(68-30)5-65-74(57,58)71-76(61,62)72-75(59,60)66-6-13-21(22(63-2)31(69-13)46-8-39-14-23(34)37-7-38-24(14)46)70-73(55,56)64-4-11-17(49)19(51)29(67-11)47-9-40-15-25(47)41-32(35)43-27(15)53/h7-13,17-22,29-31,49-52H,3-6H2,1-2H3,(H11-,34,35,36,37,38,41,42,43,44,53,54,55,56,57,58,59,60,61,62)/p+1/t11?,12-,13-,17-,18-,19-,20-,21-,22-,29-,30-,31-/m1/s1. The first-order valence-corrected chi connectivity index (χ1v) is 27.7. The summed E-state index contributed by atoms with van der Waals surface area (Å²) in [5.41, 5.74) is 15.5. The smallest absolute Gasteiger partial charge is 0.387 e. The van der Waals surface area contributed by atoms with E-state index in [9.17, 15) is 67.8 Å². The molecule has 76 heavy (non-hydrogen) atoms. The molecule has 3 fully saturated rings. The van der Waals surface area contributed by atoms with Crippen LogP contribution in [-0.2, 0) is 70.5 Å². The van der Waals surface area contributed by atoms with Gasteiger partial charge in [-0.05, 0) is 6.92 Å². The van der Waals surface area contributed by atoms with E-state index in [1.807, 2.05) is 0 Å². The van der Waals surface area contributed by atoms with Crippen molar-refractivity contribution < 1.29 is 108 Å². The lowest BCUT2D eigenvalue weighted by atomic mass is 10.1. The van der Waals surface area contributed by atoms with Crippen molar-refractivity contribution >= 4 is 82.5 Å². The monoisotopic (exact) mass is 1160 g/mol. The van der Waals surface area contributed by atoms with Gasteiger partial charge in [0.15, 0.2) is 41.4 Å². The number of hydrogen-bond donors (Lipinski definition) is 13. The molecule has 16 N–H and O–H groups in total. The Labute approximate surface area is 421 Å². The molecule has 0 aliphatic carbocycles. The summed E-state index contributed by atoms with van der Waals surface area (Å²) in [7, 11) is -22.4. The predicted molar refractivity (Wildman–Crippen MR) is 244 cm³/mol. The number of aliphatic hydroxyl groups is 4. The summed E-state index contributed by atoms with van der Waals surface area (Å²) in [5.74, 6) is -0.708. The van der Waals surface area contributed by atoms with Gasteiger partial charge in [0.25, 0.3) is 17.1 Å². The summed E-state index contributed by atoms with van der Waals surface area (Å²) in [6.45, 7) is -1.50. The number of nitrogens with zero attached hydrogens (tertiary/aromatic N) is 10. The molecule has 16 atom stereocenters. The number of anilines is 3. The zero-order valence-electron chi connectivity index (χ0n) is 38.7. The minimum absolute atomic E-state index is 0.00650. The maximum absolute atomic E-state index is 13.7. The fourth-order valence-corrected chi connectivity index (χ4v) is 12.9. The molecule has 0 saturated carbocycles. The maximum atomic E-state index is 13.7. The summed E-state index contributed by atoms with van der Waals surface area (Å²) in [4.78, 5) is 95.9. The number of fused-ring (bicyclic) bond motifs is 3. The first-order valence-electron chi connectivity index (χ1n) is 21.7. The van der Waals surface area contributed by atoms with Crippen LogP contribution in [0, 0.1) is 0 Å². The van der Waals surface area contributed by atoms with Gasteiger partial charge in [0.2, 0.25) is 17.7 Å². The molecule has 0 spiro atoms. The van der Waals surface area contributed by atoms with Crippen molar-refractivity contribution in [3.8, 4) is 0 Å². The predicted octanol–water partition coefficient (Wildman–Crippen LogP) is -4.23. The van der Waals surface area contributed by atoms with Crippen LogP contribution in [0.5, 0.6) is 0 Å². The van der Waals surface area contributed by atoms with Crippen LogP contribution >= 0.6 is 31.3 Å². The second kappa shape index (κ2) is 20.9. The molecule has 43 heteroatoms. The molecule has 6 aromatic heterocycles. The number of rotatable bonds is 20. The van der Waals surface area contributed by atoms with Gasteiger partial charge in [0.1, 0.15) is 66.8 Å². The highest BCUT2D eigenvalue weighted by molar-refractivity contribution is 7.66. The number of ether oxygens (including phenoxy) is 4. The van der Waals surface area contributed by atoms with Gasteiger partial charge in [0, 0.05) is 7.11 Å². The van der Waals surface area contributed by atoms with Crippen molar-refractivity contribution in [1.82, 2.24) is 53.6 Å². The highest BCUT2D eigenvalue weighted by Gasteiger charge is 2.54. The van der Waals surface area contributed by atoms with Gasteiger partial charge in [-0.1, -0.05) is 4.98 Å². The Morgan fingerprint density at radius 1 is 0.671 bits per heavy atom. The highest BCUT2D eigenvalue weighted by Crippen LogP contribution is 2.68. The molecule has 0 aromatic carbocycles. The average Bonchev–Trinajstić information content (AvgIpc) is 4.19. The SMILES string of the molecule is CCn1c[n+]([C@@H]2O[C@H](COP(=O)(O)OP(=O)(O)OP(=O)(O)OC[C@H]3O[C@@H](n4cnc5c(N)ncnc54)[C@H](OC)[C@@H]3OP(=O)(O)OCC3O[C@@H](n4cnc5c(=O)[nH]c(N)nc54)[C@H](O)[C@@H]3O)[C@@H](O)[C@H]2O)c2nc(N)[nH]c(=O)c21. The molecule has 416 valence electrons. The summed E-state index contributed by atoms with van der Waals surface area (Å²) in [5, 5.41) is 43.3. The zero-order valence-corrected chi connectivity index (χ0v) is 42.2. The number of methoxy groups -OCH3 is 1. The van der Waals surface area contributed by atoms with Gasteiger partial charge in [-0.3, -0.25) is 51.4 Å². The highest BCUT2D eigenvalue weighted by atomic mass is 31.3. The molecule has 0 bridgehead atoms. The minimum atomic E-state index is -6.21. The number of imidazole rings is 3. The molecular weight excluding hydrogens is 1110 g/mol. The molecule has 6 aromatic rings. The molecule has 3 aliphatic rings. The summed E-state index contributed by atoms with van der Waals surface area (Å²) < 4.78 is 109. The van der Waals surface area contributed by atoms with Crippen molar-refractivity contribution in [1.29, 1.82) is 0 Å². The number of nitrogens with two attached hydrogens (primary N) is 3. The van der Waals surface area contributed by atoms with E-state index < -0.39 is 136 Å². The number of aryl methyl sites for hydroxylation is 1. The molecule has 9 heterocycles. The number of phosphoric ester groups is 3. The van der Waals surface area contributed by atoms with Gasteiger partial charge >= 0.3 is 36.9 Å². The molecule has 3 saturated heterocycles. The Bertz CT molecular complexity index is 3490. The number of nitrogen functional groups attached to an aromatic ring is 3. The molecule has 0 radical (unpaired) electrons. The number of aliphatic hydroxyl groups excluding tert-OH is 4. The number of phosphoric acid groups is 4. The Balaban J connectivity index is 0.862. The van der Waals surface area contributed by atoms with E-state index in [1.54, 1.807) is 6.92 Å². The lowest BCUT2D eigenvalue weighted by molar-refractivity contribution is -0.746. The van der Waals surface area contributed by atoms with E-state index in [0.717, 1.165) is 35.2 Å². The van der Waals surface area contributed by atoms with Crippen molar-refractivity contribution in [2.45, 2.75) is 87.1 Å². The largest absolute Gasteiger partial charge is 0.490 e. The van der Waals surface area contributed by atoms with Crippen LogP contribution in [0.1, 0.15) is 25.6 Å². The van der Waals surface area contributed by atoms with Gasteiger partial charge in [-0.15, -0.1) is 0 Å². The Hall–Kier alpha value is -5.15. The van der Waals surface area contributed by atoms with Crippen molar-refractivity contribution in [3.63, 3.8) is 0 Å². The van der Waals surface area contributed by atoms with E-state index in [2.05, 4.69) is 48.5 Å². The molecule has 9 rings (SSSR count). The zero-order chi connectivity index (χ0) is 55.0. The van der Waals surface area contributed by atoms with Crippen LogP contribution in [0.25, 0.3) is 33.5 Å². The van der Waals surface area contributed by atoms with E-state index in [1.165, 1.54) is 15.5 Å². The maximum Gasteiger partial charge on any atom is 0.490 e. The fraction of sp³-hybridized carbons (Fsp3) is 0.545. The van der Waals surface area contributed by atoms with Crippen molar-refractivity contribution in [2.24, 2.45) is 0 Å². The first-order chi connectivity index (χ1) is 35.7.